The highest BCUT2D eigenvalue weighted by molar-refractivity contribution is 4.40. The minimum absolute atomic E-state index is 0.708. The fourth-order valence-electron chi connectivity index (χ4n) is 0.462. The van der Waals surface area contributed by atoms with Crippen molar-refractivity contribution >= 4 is 0 Å². The van der Waals surface area contributed by atoms with Crippen molar-refractivity contribution in [1.82, 2.24) is 10.7 Å². The highest BCUT2D eigenvalue weighted by atomic mass is 15.3. The number of nitrogens with two attached hydrogens (primary N) is 1. The molecule has 0 radical (unpaired) electrons. The first-order valence-corrected chi connectivity index (χ1v) is 3.06. The van der Waals surface area contributed by atoms with Gasteiger partial charge in [0.05, 0.1) is 6.67 Å². The average molecular weight is 117 g/mol. The van der Waals surface area contributed by atoms with Gasteiger partial charge in [0.1, 0.15) is 0 Å². The SMILES string of the molecule is CCCCNCNN. The molecule has 0 heterocycles. The molecule has 0 atom stereocenters. The molecule has 0 aliphatic rings. The van der Waals surface area contributed by atoms with Gasteiger partial charge in [0, 0.05) is 0 Å². The number of unbranched alkanes of at least 4 members (excludes halogenated alkanes) is 1. The molecular weight excluding hydrogens is 102 g/mol. The van der Waals surface area contributed by atoms with Gasteiger partial charge in [-0.1, -0.05) is 13.3 Å². The Morgan fingerprint density at radius 2 is 2.25 bits per heavy atom. The molecule has 0 aliphatic heterocycles. The summed E-state index contributed by atoms with van der Waals surface area (Å²) in [6.07, 6.45) is 2.46. The average Bonchev–Trinajstić information content (AvgIpc) is 1.81. The van der Waals surface area contributed by atoms with Crippen LogP contribution >= 0.6 is 0 Å². The van der Waals surface area contributed by atoms with Crippen LogP contribution in [-0.2, 0) is 0 Å². The van der Waals surface area contributed by atoms with Crippen molar-refractivity contribution in [2.24, 2.45) is 5.84 Å². The lowest BCUT2D eigenvalue weighted by atomic mass is 10.3. The van der Waals surface area contributed by atoms with Crippen LogP contribution in [-0.4, -0.2) is 13.2 Å². The van der Waals surface area contributed by atoms with E-state index >= 15 is 0 Å². The van der Waals surface area contributed by atoms with Crippen LogP contribution in [0.2, 0.25) is 0 Å². The number of nitrogens with one attached hydrogen (secondary N) is 2. The van der Waals surface area contributed by atoms with Gasteiger partial charge < -0.3 is 5.32 Å². The first kappa shape index (κ1) is 7.88. The minimum Gasteiger partial charge on any atom is -0.303 e. The lowest BCUT2D eigenvalue weighted by molar-refractivity contribution is 0.580. The first-order valence-electron chi connectivity index (χ1n) is 3.06. The molecule has 0 aliphatic carbocycles. The summed E-state index contributed by atoms with van der Waals surface area (Å²) in [5.74, 6) is 5.00. The number of hydrogen-bond acceptors (Lipinski definition) is 3. The van der Waals surface area contributed by atoms with E-state index in [1.54, 1.807) is 0 Å². The van der Waals surface area contributed by atoms with E-state index in [1.165, 1.54) is 12.8 Å². The monoisotopic (exact) mass is 117 g/mol. The third kappa shape index (κ3) is 5.88. The maximum atomic E-state index is 5.00. The van der Waals surface area contributed by atoms with Crippen molar-refractivity contribution in [3.8, 4) is 0 Å². The molecule has 0 unspecified atom stereocenters. The summed E-state index contributed by atoms with van der Waals surface area (Å²) in [6, 6.07) is 0. The molecule has 0 fully saturated rings. The minimum atomic E-state index is 0.708. The van der Waals surface area contributed by atoms with E-state index in [-0.39, 0.29) is 0 Å². The quantitative estimate of drug-likeness (QED) is 0.202. The van der Waals surface area contributed by atoms with Crippen LogP contribution in [0, 0.1) is 0 Å². The van der Waals surface area contributed by atoms with Crippen LogP contribution in [0.15, 0.2) is 0 Å². The smallest absolute Gasteiger partial charge is 0.0587 e. The normalized spacial score (nSPS) is 9.75. The molecule has 3 heteroatoms. The summed E-state index contributed by atoms with van der Waals surface area (Å²) < 4.78 is 0. The second kappa shape index (κ2) is 6.88. The van der Waals surface area contributed by atoms with Gasteiger partial charge in [-0.15, -0.1) is 0 Å². The first-order chi connectivity index (χ1) is 3.91. The fourth-order valence-corrected chi connectivity index (χ4v) is 0.462. The van der Waals surface area contributed by atoms with Gasteiger partial charge in [0.25, 0.3) is 0 Å². The van der Waals surface area contributed by atoms with Crippen LogP contribution in [0.5, 0.6) is 0 Å². The molecule has 0 aromatic rings. The third-order valence-electron chi connectivity index (χ3n) is 0.934. The van der Waals surface area contributed by atoms with Gasteiger partial charge in [-0.3, -0.25) is 5.84 Å². The third-order valence-corrected chi connectivity index (χ3v) is 0.934. The van der Waals surface area contributed by atoms with Crippen molar-refractivity contribution in [3.63, 3.8) is 0 Å². The summed E-state index contributed by atoms with van der Waals surface area (Å²) in [4.78, 5) is 0. The van der Waals surface area contributed by atoms with Gasteiger partial charge in [0.2, 0.25) is 0 Å². The zero-order chi connectivity index (χ0) is 6.24. The van der Waals surface area contributed by atoms with Gasteiger partial charge >= 0.3 is 0 Å². The molecule has 4 N–H and O–H groups in total. The summed E-state index contributed by atoms with van der Waals surface area (Å²) >= 11 is 0. The highest BCUT2D eigenvalue weighted by Gasteiger charge is 1.79. The Morgan fingerprint density at radius 3 is 2.75 bits per heavy atom. The van der Waals surface area contributed by atoms with E-state index in [2.05, 4.69) is 17.7 Å². The van der Waals surface area contributed by atoms with Crippen LogP contribution in [0.1, 0.15) is 19.8 Å². The van der Waals surface area contributed by atoms with E-state index in [9.17, 15) is 0 Å². The van der Waals surface area contributed by atoms with E-state index in [0.717, 1.165) is 6.54 Å². The Hall–Kier alpha value is -0.120. The Kier molecular flexibility index (Phi) is 6.78. The summed E-state index contributed by atoms with van der Waals surface area (Å²) in [6.45, 7) is 3.93. The van der Waals surface area contributed by atoms with Gasteiger partial charge in [0.15, 0.2) is 0 Å². The van der Waals surface area contributed by atoms with Crippen LogP contribution in [0.3, 0.4) is 0 Å². The standard InChI is InChI=1S/C5H15N3/c1-2-3-4-7-5-8-6/h7-8H,2-6H2,1H3. The summed E-state index contributed by atoms with van der Waals surface area (Å²) in [7, 11) is 0. The van der Waals surface area contributed by atoms with Gasteiger partial charge in [-0.25, -0.2) is 5.43 Å². The predicted octanol–water partition coefficient (Wildman–Crippen LogP) is -0.203. The van der Waals surface area contributed by atoms with Crippen molar-refractivity contribution in [2.45, 2.75) is 19.8 Å². The lowest BCUT2D eigenvalue weighted by Crippen LogP contribution is -2.34. The fraction of sp³-hybridized carbons (Fsp3) is 1.00. The van der Waals surface area contributed by atoms with Gasteiger partial charge in [-0.2, -0.15) is 0 Å². The molecule has 0 bridgehead atoms. The Labute approximate surface area is 50.6 Å². The van der Waals surface area contributed by atoms with Crippen molar-refractivity contribution < 1.29 is 0 Å². The molecule has 0 amide bonds. The molecule has 0 rings (SSSR count). The molecular formula is C5H15N3. The van der Waals surface area contributed by atoms with E-state index in [0.29, 0.717) is 6.67 Å². The molecule has 0 saturated carbocycles. The molecule has 0 aromatic carbocycles. The maximum absolute atomic E-state index is 5.00. The number of hydrogen-bond donors (Lipinski definition) is 3. The van der Waals surface area contributed by atoms with Gasteiger partial charge in [-0.05, 0) is 13.0 Å². The zero-order valence-corrected chi connectivity index (χ0v) is 5.41. The second-order valence-corrected chi connectivity index (χ2v) is 1.73. The highest BCUT2D eigenvalue weighted by Crippen LogP contribution is 1.79. The number of hydrazine groups is 1. The molecule has 0 aromatic heterocycles. The zero-order valence-electron chi connectivity index (χ0n) is 5.41. The van der Waals surface area contributed by atoms with Crippen LogP contribution in [0.4, 0.5) is 0 Å². The van der Waals surface area contributed by atoms with Crippen LogP contribution in [0.25, 0.3) is 0 Å². The largest absolute Gasteiger partial charge is 0.303 e. The van der Waals surface area contributed by atoms with E-state index in [4.69, 9.17) is 5.84 Å². The maximum Gasteiger partial charge on any atom is 0.0587 e. The molecule has 50 valence electrons. The Bertz CT molecular complexity index is 32.7. The van der Waals surface area contributed by atoms with E-state index in [1.807, 2.05) is 0 Å². The Morgan fingerprint density at radius 1 is 1.50 bits per heavy atom. The van der Waals surface area contributed by atoms with E-state index < -0.39 is 0 Å². The van der Waals surface area contributed by atoms with Crippen LogP contribution < -0.4 is 16.6 Å². The predicted molar refractivity (Wildman–Crippen MR) is 35.1 cm³/mol. The summed E-state index contributed by atoms with van der Waals surface area (Å²) in [5.41, 5.74) is 2.52. The van der Waals surface area contributed by atoms with Crippen molar-refractivity contribution in [1.29, 1.82) is 0 Å². The molecule has 0 saturated heterocycles. The number of rotatable bonds is 5. The van der Waals surface area contributed by atoms with Crippen molar-refractivity contribution in [2.75, 3.05) is 13.2 Å². The van der Waals surface area contributed by atoms with Crippen molar-refractivity contribution in [3.05, 3.63) is 0 Å². The molecule has 0 spiro atoms. The second-order valence-electron chi connectivity index (χ2n) is 1.73. The Balaban J connectivity index is 2.53. The summed E-state index contributed by atoms with van der Waals surface area (Å²) in [5, 5.41) is 3.10. The lowest BCUT2D eigenvalue weighted by Gasteiger charge is -1.99. The molecule has 3 nitrogen and oxygen atoms in total. The molecule has 8 heavy (non-hydrogen) atoms. The topological polar surface area (TPSA) is 50.1 Å².